The average Bonchev–Trinajstić information content (AvgIpc) is 2.92. The Morgan fingerprint density at radius 1 is 1.16 bits per heavy atom. The molecule has 0 aliphatic carbocycles. The lowest BCUT2D eigenvalue weighted by Crippen LogP contribution is -2.29. The maximum absolute atomic E-state index is 11.7. The van der Waals surface area contributed by atoms with Gasteiger partial charge in [-0.25, -0.2) is 18.1 Å². The fourth-order valence-electron chi connectivity index (χ4n) is 2.88. The van der Waals surface area contributed by atoms with Gasteiger partial charge >= 0.3 is 0 Å². The fourth-order valence-corrected chi connectivity index (χ4v) is 3.79. The molecule has 0 spiro atoms. The lowest BCUT2D eigenvalue weighted by molar-refractivity contribution is 0.528. The second kappa shape index (κ2) is 7.15. The van der Waals surface area contributed by atoms with Gasteiger partial charge in [0.15, 0.2) is 0 Å². The Balaban J connectivity index is 2.09. The molecule has 0 bridgehead atoms. The molecule has 0 saturated carbocycles. The van der Waals surface area contributed by atoms with Crippen LogP contribution in [-0.2, 0) is 16.6 Å². The quantitative estimate of drug-likeness (QED) is 0.711. The third kappa shape index (κ3) is 4.21. The molecule has 1 heterocycles. The Morgan fingerprint density at radius 2 is 1.84 bits per heavy atom. The van der Waals surface area contributed by atoms with Crippen LogP contribution in [0.3, 0.4) is 0 Å². The minimum absolute atomic E-state index is 0.380. The topological polar surface area (TPSA) is 64.0 Å². The lowest BCUT2D eigenvalue weighted by Gasteiger charge is -2.18. The van der Waals surface area contributed by atoms with Crippen molar-refractivity contribution in [2.75, 3.05) is 6.26 Å². The van der Waals surface area contributed by atoms with Crippen molar-refractivity contribution in [2.24, 2.45) is 0 Å². The highest BCUT2D eigenvalue weighted by Gasteiger charge is 2.21. The Hall–Kier alpha value is -1.89. The molecule has 0 aliphatic rings. The van der Waals surface area contributed by atoms with E-state index in [9.17, 15) is 8.42 Å². The highest BCUT2D eigenvalue weighted by atomic mass is 35.5. The van der Waals surface area contributed by atoms with Gasteiger partial charge in [-0.3, -0.25) is 0 Å². The predicted octanol–water partition coefficient (Wildman–Crippen LogP) is 3.74. The molecular weight excluding hydrogens is 358 g/mol. The number of sulfonamides is 1. The van der Waals surface area contributed by atoms with E-state index in [-0.39, 0.29) is 6.04 Å². The second-order valence-electron chi connectivity index (χ2n) is 6.02. The molecule has 1 aromatic heterocycles. The number of fused-ring (bicyclic) bond motifs is 1. The number of rotatable bonds is 6. The highest BCUT2D eigenvalue weighted by molar-refractivity contribution is 7.88. The minimum atomic E-state index is -3.34. The van der Waals surface area contributed by atoms with E-state index in [1.807, 2.05) is 55.5 Å². The van der Waals surface area contributed by atoms with Crippen molar-refractivity contribution in [3.8, 4) is 0 Å². The SMILES string of the molecule is CCC(NS(C)(=O)=O)c1nc2ccccc2n1Cc1ccc(Cl)cc1. The average molecular weight is 378 g/mol. The predicted molar refractivity (Wildman–Crippen MR) is 101 cm³/mol. The molecule has 2 aromatic carbocycles. The summed E-state index contributed by atoms with van der Waals surface area (Å²) in [7, 11) is -3.34. The molecule has 3 rings (SSSR count). The van der Waals surface area contributed by atoms with Crippen molar-refractivity contribution < 1.29 is 8.42 Å². The van der Waals surface area contributed by atoms with Gasteiger partial charge in [0.05, 0.1) is 23.3 Å². The van der Waals surface area contributed by atoms with E-state index in [1.54, 1.807) is 0 Å². The molecule has 0 amide bonds. The maximum Gasteiger partial charge on any atom is 0.209 e. The van der Waals surface area contributed by atoms with Crippen LogP contribution in [0.4, 0.5) is 0 Å². The van der Waals surface area contributed by atoms with Crippen molar-refractivity contribution >= 4 is 32.7 Å². The van der Waals surface area contributed by atoms with Crippen molar-refractivity contribution in [3.05, 3.63) is 64.9 Å². The molecule has 7 heteroatoms. The number of halogens is 1. The molecule has 0 aliphatic heterocycles. The van der Waals surface area contributed by atoms with Crippen LogP contribution in [0.1, 0.15) is 30.8 Å². The Kier molecular flexibility index (Phi) is 5.13. The number of hydrogen-bond donors (Lipinski definition) is 1. The first-order valence-electron chi connectivity index (χ1n) is 8.04. The van der Waals surface area contributed by atoms with E-state index in [0.717, 1.165) is 16.6 Å². The smallest absolute Gasteiger partial charge is 0.209 e. The first-order chi connectivity index (χ1) is 11.9. The molecule has 1 unspecified atom stereocenters. The van der Waals surface area contributed by atoms with Crippen molar-refractivity contribution in [1.29, 1.82) is 0 Å². The van der Waals surface area contributed by atoms with E-state index in [1.165, 1.54) is 6.26 Å². The summed E-state index contributed by atoms with van der Waals surface area (Å²) in [5.41, 5.74) is 2.89. The van der Waals surface area contributed by atoms with Crippen LogP contribution in [0.15, 0.2) is 48.5 Å². The summed E-state index contributed by atoms with van der Waals surface area (Å²) in [5, 5.41) is 0.685. The summed E-state index contributed by atoms with van der Waals surface area (Å²) in [6.07, 6.45) is 1.78. The molecular formula is C18H20ClN3O2S. The van der Waals surface area contributed by atoms with Crippen LogP contribution >= 0.6 is 11.6 Å². The van der Waals surface area contributed by atoms with Crippen LogP contribution < -0.4 is 4.72 Å². The monoisotopic (exact) mass is 377 g/mol. The van der Waals surface area contributed by atoms with Crippen LogP contribution in [0.25, 0.3) is 11.0 Å². The van der Waals surface area contributed by atoms with Gasteiger partial charge in [0, 0.05) is 11.6 Å². The van der Waals surface area contributed by atoms with Gasteiger partial charge in [0.2, 0.25) is 10.0 Å². The van der Waals surface area contributed by atoms with E-state index in [2.05, 4.69) is 9.29 Å². The molecule has 1 atom stereocenters. The molecule has 132 valence electrons. The zero-order valence-electron chi connectivity index (χ0n) is 14.1. The van der Waals surface area contributed by atoms with Gasteiger partial charge in [-0.15, -0.1) is 0 Å². The molecule has 1 N–H and O–H groups in total. The van der Waals surface area contributed by atoms with Crippen LogP contribution in [0.5, 0.6) is 0 Å². The fraction of sp³-hybridized carbons (Fsp3) is 0.278. The number of nitrogens with zero attached hydrogens (tertiary/aromatic N) is 2. The summed E-state index contributed by atoms with van der Waals surface area (Å²) in [4.78, 5) is 4.69. The Bertz CT molecular complexity index is 981. The van der Waals surface area contributed by atoms with Gasteiger partial charge < -0.3 is 4.57 Å². The maximum atomic E-state index is 11.7. The zero-order chi connectivity index (χ0) is 18.0. The van der Waals surface area contributed by atoms with Crippen LogP contribution in [-0.4, -0.2) is 24.2 Å². The molecule has 5 nitrogen and oxygen atoms in total. The van der Waals surface area contributed by atoms with Gasteiger partial charge in [-0.2, -0.15) is 0 Å². The lowest BCUT2D eigenvalue weighted by atomic mass is 10.2. The second-order valence-corrected chi connectivity index (χ2v) is 8.24. The van der Waals surface area contributed by atoms with Crippen molar-refractivity contribution in [1.82, 2.24) is 14.3 Å². The molecule has 3 aromatic rings. The number of hydrogen-bond acceptors (Lipinski definition) is 3. The molecule has 0 radical (unpaired) electrons. The van der Waals surface area contributed by atoms with E-state index in [4.69, 9.17) is 16.6 Å². The highest BCUT2D eigenvalue weighted by Crippen LogP contribution is 2.25. The third-order valence-electron chi connectivity index (χ3n) is 4.01. The summed E-state index contributed by atoms with van der Waals surface area (Å²) in [6, 6.07) is 15.1. The standard InChI is InChI=1S/C18H20ClN3O2S/c1-3-15(21-25(2,23)24)18-20-16-6-4-5-7-17(16)22(18)12-13-8-10-14(19)11-9-13/h4-11,15,21H,3,12H2,1-2H3. The molecule has 0 saturated heterocycles. The van der Waals surface area contributed by atoms with E-state index in [0.29, 0.717) is 23.8 Å². The van der Waals surface area contributed by atoms with Gasteiger partial charge in [0.1, 0.15) is 5.82 Å². The zero-order valence-corrected chi connectivity index (χ0v) is 15.7. The summed E-state index contributed by atoms with van der Waals surface area (Å²) in [6.45, 7) is 2.53. The van der Waals surface area contributed by atoms with Crippen LogP contribution in [0.2, 0.25) is 5.02 Å². The Morgan fingerprint density at radius 3 is 2.48 bits per heavy atom. The molecule has 0 fully saturated rings. The normalized spacial score (nSPS) is 13.2. The number of aromatic nitrogens is 2. The van der Waals surface area contributed by atoms with Gasteiger partial charge in [-0.05, 0) is 36.2 Å². The first-order valence-corrected chi connectivity index (χ1v) is 10.3. The summed E-state index contributed by atoms with van der Waals surface area (Å²) >= 11 is 5.97. The summed E-state index contributed by atoms with van der Waals surface area (Å²) in [5.74, 6) is 0.712. The van der Waals surface area contributed by atoms with Crippen molar-refractivity contribution in [3.63, 3.8) is 0 Å². The van der Waals surface area contributed by atoms with Crippen LogP contribution in [0, 0.1) is 0 Å². The third-order valence-corrected chi connectivity index (χ3v) is 4.98. The number of imidazole rings is 1. The van der Waals surface area contributed by atoms with E-state index < -0.39 is 10.0 Å². The minimum Gasteiger partial charge on any atom is -0.322 e. The summed E-state index contributed by atoms with van der Waals surface area (Å²) < 4.78 is 28.2. The number of benzene rings is 2. The van der Waals surface area contributed by atoms with Gasteiger partial charge in [-0.1, -0.05) is 42.8 Å². The number of para-hydroxylation sites is 2. The largest absolute Gasteiger partial charge is 0.322 e. The van der Waals surface area contributed by atoms with Gasteiger partial charge in [0.25, 0.3) is 0 Å². The number of nitrogens with one attached hydrogen (secondary N) is 1. The Labute approximate surface area is 152 Å². The van der Waals surface area contributed by atoms with Crippen molar-refractivity contribution in [2.45, 2.75) is 25.9 Å². The van der Waals surface area contributed by atoms with E-state index >= 15 is 0 Å². The first kappa shape index (κ1) is 17.9. The molecule has 25 heavy (non-hydrogen) atoms.